The van der Waals surface area contributed by atoms with Crippen molar-refractivity contribution in [2.45, 2.75) is 19.1 Å². The molecular formula is C10H14ClNO4S. The molecule has 17 heavy (non-hydrogen) atoms. The Balaban J connectivity index is 2.99. The Kier molecular flexibility index (Phi) is 4.51. The second-order valence-electron chi connectivity index (χ2n) is 3.70. The first-order chi connectivity index (χ1) is 7.75. The molecule has 0 heterocycles. The lowest BCUT2D eigenvalue weighted by Crippen LogP contribution is -2.38. The summed E-state index contributed by atoms with van der Waals surface area (Å²) < 4.78 is 31.4. The highest BCUT2D eigenvalue weighted by molar-refractivity contribution is 7.83. The Morgan fingerprint density at radius 1 is 1.35 bits per heavy atom. The molecule has 0 radical (unpaired) electrons. The van der Waals surface area contributed by atoms with E-state index in [1.165, 1.54) is 14.0 Å². The van der Waals surface area contributed by atoms with E-state index in [1.54, 1.807) is 24.3 Å². The normalized spacial score (nSPS) is 15.9. The van der Waals surface area contributed by atoms with E-state index in [2.05, 4.69) is 0 Å². The van der Waals surface area contributed by atoms with Crippen molar-refractivity contribution in [1.82, 2.24) is 4.31 Å². The number of aliphatic hydroxyl groups excluding tert-OH is 1. The van der Waals surface area contributed by atoms with Crippen LogP contribution in [-0.4, -0.2) is 35.5 Å². The minimum atomic E-state index is -4.34. The molecule has 1 rings (SSSR count). The number of hydrogen-bond acceptors (Lipinski definition) is 3. The number of aliphatic hydroxyl groups is 1. The van der Waals surface area contributed by atoms with Crippen molar-refractivity contribution < 1.29 is 18.1 Å². The summed E-state index contributed by atoms with van der Waals surface area (Å²) in [6, 6.07) is 5.76. The van der Waals surface area contributed by atoms with Gasteiger partial charge in [0.05, 0.1) is 12.1 Å². The van der Waals surface area contributed by atoms with Gasteiger partial charge in [0.1, 0.15) is 0 Å². The van der Waals surface area contributed by atoms with Gasteiger partial charge in [0.15, 0.2) is 0 Å². The van der Waals surface area contributed by atoms with Crippen LogP contribution in [-0.2, 0) is 10.3 Å². The summed E-state index contributed by atoms with van der Waals surface area (Å²) in [4.78, 5) is 0. The Morgan fingerprint density at radius 2 is 1.88 bits per heavy atom. The molecule has 0 saturated heterocycles. The molecule has 0 amide bonds. The summed E-state index contributed by atoms with van der Waals surface area (Å²) >= 11 is 5.89. The molecule has 96 valence electrons. The number of benzene rings is 1. The third kappa shape index (κ3) is 3.40. The highest BCUT2D eigenvalue weighted by Crippen LogP contribution is 2.27. The first-order valence-corrected chi connectivity index (χ1v) is 6.65. The van der Waals surface area contributed by atoms with Crippen LogP contribution >= 0.6 is 11.6 Å². The molecule has 0 aromatic heterocycles. The number of likely N-dealkylation sites (N-methyl/N-ethyl adjacent to an activating group) is 1. The Hall–Kier alpha value is -0.660. The molecule has 1 aromatic carbocycles. The Bertz CT molecular complexity index is 491. The van der Waals surface area contributed by atoms with E-state index in [0.717, 1.165) is 0 Å². The molecule has 0 bridgehead atoms. The standard InChI is InChI=1S/C10H14ClNO4S/c1-7(12(2)17(14,15)16)10(13)8-5-3-4-6-9(8)11/h3-7,10,13H,1-2H3,(H,14,15,16)/t7-,10+/m0/s1. The summed E-state index contributed by atoms with van der Waals surface area (Å²) in [6.45, 7) is 1.47. The lowest BCUT2D eigenvalue weighted by Gasteiger charge is -2.26. The second-order valence-corrected chi connectivity index (χ2v) is 5.58. The summed E-state index contributed by atoms with van der Waals surface area (Å²) in [5.41, 5.74) is 0.414. The summed E-state index contributed by atoms with van der Waals surface area (Å²) in [5, 5.41) is 10.3. The van der Waals surface area contributed by atoms with Gasteiger partial charge in [-0.05, 0) is 13.0 Å². The fourth-order valence-electron chi connectivity index (χ4n) is 1.38. The zero-order valence-corrected chi connectivity index (χ0v) is 11.0. The van der Waals surface area contributed by atoms with Crippen molar-refractivity contribution in [1.29, 1.82) is 0 Å². The molecular weight excluding hydrogens is 266 g/mol. The van der Waals surface area contributed by atoms with Crippen molar-refractivity contribution in [2.75, 3.05) is 7.05 Å². The fourth-order valence-corrected chi connectivity index (χ4v) is 2.17. The van der Waals surface area contributed by atoms with Crippen LogP contribution in [0.25, 0.3) is 0 Å². The van der Waals surface area contributed by atoms with Crippen LogP contribution in [0.3, 0.4) is 0 Å². The van der Waals surface area contributed by atoms with Crippen LogP contribution in [0.5, 0.6) is 0 Å². The van der Waals surface area contributed by atoms with E-state index >= 15 is 0 Å². The van der Waals surface area contributed by atoms with Crippen molar-refractivity contribution in [3.63, 3.8) is 0 Å². The average Bonchev–Trinajstić information content (AvgIpc) is 2.25. The molecule has 0 aliphatic carbocycles. The highest BCUT2D eigenvalue weighted by Gasteiger charge is 2.28. The van der Waals surface area contributed by atoms with Crippen LogP contribution < -0.4 is 0 Å². The first-order valence-electron chi connectivity index (χ1n) is 4.88. The molecule has 0 spiro atoms. The van der Waals surface area contributed by atoms with Gasteiger partial charge in [-0.2, -0.15) is 12.7 Å². The molecule has 0 saturated carbocycles. The third-order valence-electron chi connectivity index (χ3n) is 2.62. The Morgan fingerprint density at radius 3 is 2.35 bits per heavy atom. The first kappa shape index (κ1) is 14.4. The third-order valence-corrected chi connectivity index (χ3v) is 4.02. The maximum Gasteiger partial charge on any atom is 0.335 e. The van der Waals surface area contributed by atoms with Gasteiger partial charge in [-0.25, -0.2) is 0 Å². The lowest BCUT2D eigenvalue weighted by atomic mass is 10.0. The molecule has 0 unspecified atom stereocenters. The zero-order chi connectivity index (χ0) is 13.2. The quantitative estimate of drug-likeness (QED) is 0.819. The van der Waals surface area contributed by atoms with Gasteiger partial charge in [-0.15, -0.1) is 0 Å². The lowest BCUT2D eigenvalue weighted by molar-refractivity contribution is 0.104. The van der Waals surface area contributed by atoms with E-state index in [-0.39, 0.29) is 0 Å². The van der Waals surface area contributed by atoms with Gasteiger partial charge in [0.2, 0.25) is 0 Å². The predicted octanol–water partition coefficient (Wildman–Crippen LogP) is 1.50. The van der Waals surface area contributed by atoms with Crippen LogP contribution in [0, 0.1) is 0 Å². The molecule has 5 nitrogen and oxygen atoms in total. The molecule has 1 aromatic rings. The summed E-state index contributed by atoms with van der Waals surface area (Å²) in [6.07, 6.45) is -1.12. The topological polar surface area (TPSA) is 77.8 Å². The smallest absolute Gasteiger partial charge is 0.335 e. The molecule has 2 atom stereocenters. The van der Waals surface area contributed by atoms with Gasteiger partial charge >= 0.3 is 10.3 Å². The summed E-state index contributed by atoms with van der Waals surface area (Å²) in [5.74, 6) is 0. The van der Waals surface area contributed by atoms with Gasteiger partial charge in [-0.1, -0.05) is 29.8 Å². The van der Waals surface area contributed by atoms with Gasteiger partial charge in [0.25, 0.3) is 0 Å². The van der Waals surface area contributed by atoms with Crippen LogP contribution in [0.4, 0.5) is 0 Å². The van der Waals surface area contributed by atoms with E-state index in [1.807, 2.05) is 0 Å². The molecule has 0 aliphatic rings. The van der Waals surface area contributed by atoms with Gasteiger partial charge < -0.3 is 5.11 Å². The molecule has 0 aliphatic heterocycles. The number of hydrogen-bond donors (Lipinski definition) is 2. The highest BCUT2D eigenvalue weighted by atomic mass is 35.5. The monoisotopic (exact) mass is 279 g/mol. The van der Waals surface area contributed by atoms with Crippen LogP contribution in [0.1, 0.15) is 18.6 Å². The fraction of sp³-hybridized carbons (Fsp3) is 0.400. The van der Waals surface area contributed by atoms with Crippen molar-refractivity contribution in [2.24, 2.45) is 0 Å². The maximum absolute atomic E-state index is 10.9. The van der Waals surface area contributed by atoms with E-state index < -0.39 is 22.4 Å². The SMILES string of the molecule is C[C@@H]([C@@H](O)c1ccccc1Cl)N(C)S(=O)(=O)O. The number of rotatable bonds is 4. The molecule has 7 heteroatoms. The molecule has 0 fully saturated rings. The Labute approximate surface area is 106 Å². The minimum Gasteiger partial charge on any atom is -0.387 e. The van der Waals surface area contributed by atoms with Crippen LogP contribution in [0.15, 0.2) is 24.3 Å². The van der Waals surface area contributed by atoms with Gasteiger partial charge in [-0.3, -0.25) is 4.55 Å². The minimum absolute atomic E-state index is 0.343. The number of nitrogens with zero attached hydrogens (tertiary/aromatic N) is 1. The van der Waals surface area contributed by atoms with E-state index in [0.29, 0.717) is 14.9 Å². The zero-order valence-electron chi connectivity index (χ0n) is 9.41. The van der Waals surface area contributed by atoms with Crippen molar-refractivity contribution in [3.8, 4) is 0 Å². The molecule has 2 N–H and O–H groups in total. The average molecular weight is 280 g/mol. The summed E-state index contributed by atoms with van der Waals surface area (Å²) in [7, 11) is -3.16. The van der Waals surface area contributed by atoms with Gasteiger partial charge in [0, 0.05) is 17.6 Å². The predicted molar refractivity (Wildman–Crippen MR) is 65.2 cm³/mol. The maximum atomic E-state index is 10.9. The largest absolute Gasteiger partial charge is 0.387 e. The number of halogens is 1. The van der Waals surface area contributed by atoms with Crippen LogP contribution in [0.2, 0.25) is 5.02 Å². The van der Waals surface area contributed by atoms with E-state index in [4.69, 9.17) is 16.2 Å². The second kappa shape index (κ2) is 5.32. The van der Waals surface area contributed by atoms with Crippen molar-refractivity contribution >= 4 is 21.9 Å². The van der Waals surface area contributed by atoms with Crippen molar-refractivity contribution in [3.05, 3.63) is 34.9 Å². The van der Waals surface area contributed by atoms with E-state index in [9.17, 15) is 13.5 Å².